The van der Waals surface area contributed by atoms with Gasteiger partial charge >= 0.3 is 0 Å². The van der Waals surface area contributed by atoms with E-state index in [1.54, 1.807) is 11.9 Å². The van der Waals surface area contributed by atoms with Crippen LogP contribution in [0.1, 0.15) is 20.3 Å². The Bertz CT molecular complexity index is 933. The number of piperazine rings is 1. The van der Waals surface area contributed by atoms with Crippen LogP contribution >= 0.6 is 11.9 Å². The Labute approximate surface area is 178 Å². The van der Waals surface area contributed by atoms with Gasteiger partial charge < -0.3 is 14.5 Å². The second kappa shape index (κ2) is 9.51. The number of pyridine rings is 1. The standard InChI is InChI=1S/C24H30N4S/c1-3-17-29-26-21-11-9-19(10-12-21)23-18-20-7-5-6-8-22(20)24(25-23)28-15-13-27(4-2)14-16-28/h5-12,18,26H,3-4,13-17H2,1-2H3. The van der Waals surface area contributed by atoms with E-state index in [0.717, 1.165) is 61.2 Å². The summed E-state index contributed by atoms with van der Waals surface area (Å²) in [5.41, 5.74) is 3.35. The zero-order valence-corrected chi connectivity index (χ0v) is 18.2. The van der Waals surface area contributed by atoms with Crippen molar-refractivity contribution < 1.29 is 0 Å². The van der Waals surface area contributed by atoms with Crippen LogP contribution in [-0.2, 0) is 0 Å². The topological polar surface area (TPSA) is 31.4 Å². The molecule has 1 aliphatic heterocycles. The number of nitrogens with zero attached hydrogens (tertiary/aromatic N) is 3. The molecule has 1 aliphatic rings. The summed E-state index contributed by atoms with van der Waals surface area (Å²) in [6.07, 6.45) is 1.17. The van der Waals surface area contributed by atoms with Crippen LogP contribution in [0.15, 0.2) is 54.6 Å². The summed E-state index contributed by atoms with van der Waals surface area (Å²) in [7, 11) is 0. The Morgan fingerprint density at radius 1 is 0.966 bits per heavy atom. The fraction of sp³-hybridized carbons (Fsp3) is 0.375. The van der Waals surface area contributed by atoms with Gasteiger partial charge in [0.1, 0.15) is 5.82 Å². The quantitative estimate of drug-likeness (QED) is 0.413. The molecule has 29 heavy (non-hydrogen) atoms. The van der Waals surface area contributed by atoms with Gasteiger partial charge in [-0.15, -0.1) is 0 Å². The van der Waals surface area contributed by atoms with Gasteiger partial charge in [-0.3, -0.25) is 0 Å². The van der Waals surface area contributed by atoms with Crippen LogP contribution in [0.5, 0.6) is 0 Å². The third-order valence-corrected chi connectivity index (χ3v) is 6.51. The third-order valence-electron chi connectivity index (χ3n) is 5.52. The minimum atomic E-state index is 1.03. The van der Waals surface area contributed by atoms with Gasteiger partial charge in [0, 0.05) is 48.6 Å². The molecule has 1 fully saturated rings. The summed E-state index contributed by atoms with van der Waals surface area (Å²) in [5.74, 6) is 2.23. The predicted molar refractivity (Wildman–Crippen MR) is 128 cm³/mol. The van der Waals surface area contributed by atoms with Gasteiger partial charge in [-0.05, 0) is 36.6 Å². The summed E-state index contributed by atoms with van der Waals surface area (Å²) >= 11 is 1.76. The van der Waals surface area contributed by atoms with Crippen LogP contribution in [-0.4, -0.2) is 48.4 Å². The zero-order chi connectivity index (χ0) is 20.1. The molecule has 0 aliphatic carbocycles. The lowest BCUT2D eigenvalue weighted by molar-refractivity contribution is 0.271. The van der Waals surface area contributed by atoms with E-state index in [4.69, 9.17) is 4.98 Å². The average molecular weight is 407 g/mol. The van der Waals surface area contributed by atoms with Crippen LogP contribution in [0.2, 0.25) is 0 Å². The SMILES string of the molecule is CCCSNc1ccc(-c2cc3ccccc3c(N3CCN(CC)CC3)n2)cc1. The van der Waals surface area contributed by atoms with Crippen molar-refractivity contribution in [3.8, 4) is 11.3 Å². The van der Waals surface area contributed by atoms with E-state index in [1.807, 2.05) is 0 Å². The summed E-state index contributed by atoms with van der Waals surface area (Å²) in [6, 6.07) is 19.5. The second-order valence-corrected chi connectivity index (χ2v) is 8.40. The van der Waals surface area contributed by atoms with Gasteiger partial charge in [0.25, 0.3) is 0 Å². The maximum Gasteiger partial charge on any atom is 0.137 e. The summed E-state index contributed by atoms with van der Waals surface area (Å²) in [5, 5.41) is 2.50. The molecular formula is C24H30N4S. The molecular weight excluding hydrogens is 376 g/mol. The monoisotopic (exact) mass is 406 g/mol. The first-order valence-electron chi connectivity index (χ1n) is 10.6. The number of fused-ring (bicyclic) bond motifs is 1. The fourth-order valence-electron chi connectivity index (χ4n) is 3.79. The molecule has 0 bridgehead atoms. The number of hydrogen-bond donors (Lipinski definition) is 1. The smallest absolute Gasteiger partial charge is 0.137 e. The third kappa shape index (κ3) is 4.68. The first-order chi connectivity index (χ1) is 14.3. The van der Waals surface area contributed by atoms with Crippen LogP contribution in [0.4, 0.5) is 11.5 Å². The van der Waals surface area contributed by atoms with Crippen LogP contribution < -0.4 is 9.62 Å². The average Bonchev–Trinajstić information content (AvgIpc) is 2.79. The summed E-state index contributed by atoms with van der Waals surface area (Å²) in [4.78, 5) is 10.1. The Morgan fingerprint density at radius 3 is 2.45 bits per heavy atom. The van der Waals surface area contributed by atoms with Crippen molar-refractivity contribution in [2.45, 2.75) is 20.3 Å². The van der Waals surface area contributed by atoms with E-state index >= 15 is 0 Å². The largest absolute Gasteiger partial charge is 0.354 e. The fourth-order valence-corrected chi connectivity index (χ4v) is 4.40. The minimum Gasteiger partial charge on any atom is -0.354 e. The van der Waals surface area contributed by atoms with E-state index in [0.29, 0.717) is 0 Å². The summed E-state index contributed by atoms with van der Waals surface area (Å²) < 4.78 is 3.41. The van der Waals surface area contributed by atoms with Crippen molar-refractivity contribution in [2.24, 2.45) is 0 Å². The number of nitrogens with one attached hydrogen (secondary N) is 1. The molecule has 0 unspecified atom stereocenters. The van der Waals surface area contributed by atoms with Crippen molar-refractivity contribution in [1.82, 2.24) is 9.88 Å². The van der Waals surface area contributed by atoms with Gasteiger partial charge in [0.05, 0.1) is 5.69 Å². The van der Waals surface area contributed by atoms with E-state index in [1.165, 1.54) is 17.2 Å². The molecule has 152 valence electrons. The van der Waals surface area contributed by atoms with Crippen molar-refractivity contribution in [3.63, 3.8) is 0 Å². The maximum atomic E-state index is 5.13. The Balaban J connectivity index is 1.63. The first kappa shape index (κ1) is 20.0. The number of benzene rings is 2. The highest BCUT2D eigenvalue weighted by molar-refractivity contribution is 8.00. The molecule has 1 saturated heterocycles. The van der Waals surface area contributed by atoms with E-state index in [-0.39, 0.29) is 0 Å². The molecule has 0 saturated carbocycles. The maximum absolute atomic E-state index is 5.13. The lowest BCUT2D eigenvalue weighted by atomic mass is 10.1. The molecule has 0 spiro atoms. The molecule has 5 heteroatoms. The number of hydrogen-bond acceptors (Lipinski definition) is 5. The minimum absolute atomic E-state index is 1.03. The van der Waals surface area contributed by atoms with Crippen molar-refractivity contribution in [2.75, 3.05) is 48.1 Å². The molecule has 0 radical (unpaired) electrons. The normalized spacial score (nSPS) is 15.0. The molecule has 4 nitrogen and oxygen atoms in total. The first-order valence-corrected chi connectivity index (χ1v) is 11.6. The predicted octanol–water partition coefficient (Wildman–Crippen LogP) is 5.51. The van der Waals surface area contributed by atoms with Gasteiger partial charge in [-0.1, -0.05) is 62.2 Å². The highest BCUT2D eigenvalue weighted by Gasteiger charge is 2.19. The zero-order valence-electron chi connectivity index (χ0n) is 17.4. The molecule has 1 N–H and O–H groups in total. The van der Waals surface area contributed by atoms with E-state index in [2.05, 4.69) is 83.0 Å². The van der Waals surface area contributed by atoms with Gasteiger partial charge in [-0.25, -0.2) is 4.98 Å². The van der Waals surface area contributed by atoms with Gasteiger partial charge in [0.15, 0.2) is 0 Å². The highest BCUT2D eigenvalue weighted by Crippen LogP contribution is 2.31. The molecule has 2 aromatic carbocycles. The number of rotatable bonds is 7. The van der Waals surface area contributed by atoms with Crippen molar-refractivity contribution >= 4 is 34.2 Å². The number of anilines is 2. The summed E-state index contributed by atoms with van der Waals surface area (Å²) in [6.45, 7) is 9.84. The molecule has 2 heterocycles. The van der Waals surface area contributed by atoms with Crippen molar-refractivity contribution in [3.05, 3.63) is 54.6 Å². The highest BCUT2D eigenvalue weighted by atomic mass is 32.2. The molecule has 4 rings (SSSR count). The Morgan fingerprint density at radius 2 is 1.72 bits per heavy atom. The van der Waals surface area contributed by atoms with Crippen LogP contribution in [0.25, 0.3) is 22.0 Å². The lowest BCUT2D eigenvalue weighted by Gasteiger charge is -2.35. The van der Waals surface area contributed by atoms with Gasteiger partial charge in [-0.2, -0.15) is 0 Å². The van der Waals surface area contributed by atoms with E-state index < -0.39 is 0 Å². The molecule has 3 aromatic rings. The molecule has 0 amide bonds. The van der Waals surface area contributed by atoms with Gasteiger partial charge in [0.2, 0.25) is 0 Å². The lowest BCUT2D eigenvalue weighted by Crippen LogP contribution is -2.46. The Hall–Kier alpha value is -2.24. The van der Waals surface area contributed by atoms with Crippen LogP contribution in [0, 0.1) is 0 Å². The van der Waals surface area contributed by atoms with E-state index in [9.17, 15) is 0 Å². The number of aromatic nitrogens is 1. The second-order valence-electron chi connectivity index (χ2n) is 7.50. The molecule has 1 aromatic heterocycles. The number of likely N-dealkylation sites (N-methyl/N-ethyl adjacent to an activating group) is 1. The Kier molecular flexibility index (Phi) is 6.57. The molecule has 0 atom stereocenters. The van der Waals surface area contributed by atoms with Crippen molar-refractivity contribution in [1.29, 1.82) is 0 Å². The van der Waals surface area contributed by atoms with Crippen LogP contribution in [0.3, 0.4) is 0 Å².